The number of carbonyl (C=O) groups excluding carboxylic acids is 1. The van der Waals surface area contributed by atoms with Gasteiger partial charge in [0, 0.05) is 5.69 Å². The van der Waals surface area contributed by atoms with Crippen LogP contribution in [0.4, 0.5) is 5.69 Å². The molecule has 2 aromatic carbocycles. The summed E-state index contributed by atoms with van der Waals surface area (Å²) < 4.78 is 0. The molecular weight excluding hydrogens is 238 g/mol. The number of hydrogen-bond donors (Lipinski definition) is 2. The lowest BCUT2D eigenvalue weighted by molar-refractivity contribution is 0.102. The van der Waals surface area contributed by atoms with E-state index in [0.29, 0.717) is 17.7 Å². The van der Waals surface area contributed by atoms with E-state index in [-0.39, 0.29) is 17.2 Å². The molecule has 2 aromatic rings. The van der Waals surface area contributed by atoms with Gasteiger partial charge in [0.15, 0.2) is 0 Å². The van der Waals surface area contributed by atoms with Crippen LogP contribution >= 0.6 is 0 Å². The second-order valence-corrected chi connectivity index (χ2v) is 4.13. The monoisotopic (exact) mass is 253 g/mol. The van der Waals surface area contributed by atoms with Crippen molar-refractivity contribution >= 4 is 11.6 Å². The van der Waals surface area contributed by atoms with Gasteiger partial charge in [-0.2, -0.15) is 0 Å². The van der Waals surface area contributed by atoms with Crippen LogP contribution in [0.5, 0.6) is 5.75 Å². The van der Waals surface area contributed by atoms with Crippen molar-refractivity contribution in [3.8, 4) is 5.75 Å². The number of phenolic OH excluding ortho intramolecular Hbond substituents is 1. The number of allylic oxidation sites excluding steroid dienone is 1. The molecule has 96 valence electrons. The lowest BCUT2D eigenvalue weighted by Gasteiger charge is -2.09. The normalized spacial score (nSPS) is 9.89. The topological polar surface area (TPSA) is 49.3 Å². The third-order valence-electron chi connectivity index (χ3n) is 2.76. The predicted molar refractivity (Wildman–Crippen MR) is 76.4 cm³/mol. The molecule has 19 heavy (non-hydrogen) atoms. The van der Waals surface area contributed by atoms with Crippen LogP contribution in [0.1, 0.15) is 15.9 Å². The third-order valence-corrected chi connectivity index (χ3v) is 2.76. The van der Waals surface area contributed by atoms with Crippen molar-refractivity contribution in [2.45, 2.75) is 6.42 Å². The van der Waals surface area contributed by atoms with Crippen LogP contribution in [0.2, 0.25) is 0 Å². The molecule has 0 atom stereocenters. The second kappa shape index (κ2) is 5.87. The summed E-state index contributed by atoms with van der Waals surface area (Å²) in [6.07, 6.45) is 2.21. The first-order valence-electron chi connectivity index (χ1n) is 6.00. The number of nitrogens with one attached hydrogen (secondary N) is 1. The Bertz CT molecular complexity index is 591. The van der Waals surface area contributed by atoms with Crippen LogP contribution in [-0.4, -0.2) is 11.0 Å². The summed E-state index contributed by atoms with van der Waals surface area (Å²) in [5.41, 5.74) is 1.65. The lowest BCUT2D eigenvalue weighted by Crippen LogP contribution is -2.12. The van der Waals surface area contributed by atoms with Crippen LogP contribution < -0.4 is 5.32 Å². The largest absolute Gasteiger partial charge is 0.507 e. The molecule has 3 nitrogen and oxygen atoms in total. The van der Waals surface area contributed by atoms with Gasteiger partial charge >= 0.3 is 0 Å². The van der Waals surface area contributed by atoms with E-state index >= 15 is 0 Å². The predicted octanol–water partition coefficient (Wildman–Crippen LogP) is 3.37. The third kappa shape index (κ3) is 3.01. The molecule has 0 fully saturated rings. The van der Waals surface area contributed by atoms with Crippen molar-refractivity contribution in [2.75, 3.05) is 5.32 Å². The van der Waals surface area contributed by atoms with Gasteiger partial charge in [-0.25, -0.2) is 0 Å². The Labute approximate surface area is 112 Å². The number of amides is 1. The minimum absolute atomic E-state index is 0.0100. The Morgan fingerprint density at radius 3 is 2.58 bits per heavy atom. The lowest BCUT2D eigenvalue weighted by atomic mass is 10.1. The summed E-state index contributed by atoms with van der Waals surface area (Å²) in [6, 6.07) is 14.3. The Hall–Kier alpha value is -2.55. The van der Waals surface area contributed by atoms with Crippen molar-refractivity contribution in [3.05, 3.63) is 72.3 Å². The fraction of sp³-hybridized carbons (Fsp3) is 0.0625. The number of benzene rings is 2. The van der Waals surface area contributed by atoms with Gasteiger partial charge in [-0.3, -0.25) is 4.79 Å². The number of phenols is 1. The van der Waals surface area contributed by atoms with Crippen molar-refractivity contribution in [3.63, 3.8) is 0 Å². The zero-order chi connectivity index (χ0) is 13.7. The van der Waals surface area contributed by atoms with Gasteiger partial charge < -0.3 is 10.4 Å². The van der Waals surface area contributed by atoms with E-state index in [1.54, 1.807) is 36.4 Å². The Balaban J connectivity index is 2.24. The molecule has 0 unspecified atom stereocenters. The molecule has 0 aliphatic rings. The van der Waals surface area contributed by atoms with Crippen LogP contribution in [-0.2, 0) is 6.42 Å². The van der Waals surface area contributed by atoms with Gasteiger partial charge in [-0.15, -0.1) is 6.58 Å². The molecule has 3 heteroatoms. The maximum Gasteiger partial charge on any atom is 0.259 e. The highest BCUT2D eigenvalue weighted by atomic mass is 16.3. The first kappa shape index (κ1) is 12.9. The van der Waals surface area contributed by atoms with Crippen molar-refractivity contribution in [1.82, 2.24) is 0 Å². The molecule has 1 amide bonds. The molecule has 0 spiro atoms. The number of carbonyl (C=O) groups is 1. The van der Waals surface area contributed by atoms with Crippen molar-refractivity contribution in [1.29, 1.82) is 0 Å². The molecule has 0 aliphatic heterocycles. The molecule has 0 aromatic heterocycles. The van der Waals surface area contributed by atoms with Crippen LogP contribution in [0.25, 0.3) is 0 Å². The van der Waals surface area contributed by atoms with E-state index in [2.05, 4.69) is 11.9 Å². The first-order chi connectivity index (χ1) is 9.22. The van der Waals surface area contributed by atoms with Gasteiger partial charge in [0.1, 0.15) is 5.75 Å². The summed E-state index contributed by atoms with van der Waals surface area (Å²) in [7, 11) is 0. The quantitative estimate of drug-likeness (QED) is 0.821. The van der Waals surface area contributed by atoms with E-state index in [9.17, 15) is 9.90 Å². The second-order valence-electron chi connectivity index (χ2n) is 4.13. The fourth-order valence-corrected chi connectivity index (χ4v) is 1.81. The standard InChI is InChI=1S/C16H15NO2/c1-2-7-12-8-6-11-14(15(12)18)16(19)17-13-9-4-3-5-10-13/h2-6,8-11,18H,1,7H2,(H,17,19). The average Bonchev–Trinajstić information content (AvgIpc) is 2.42. The molecule has 0 radical (unpaired) electrons. The van der Waals surface area contributed by atoms with E-state index in [1.165, 1.54) is 0 Å². The van der Waals surface area contributed by atoms with Crippen LogP contribution in [0.15, 0.2) is 61.2 Å². The molecule has 0 saturated heterocycles. The minimum Gasteiger partial charge on any atom is -0.507 e. The maximum absolute atomic E-state index is 12.1. The number of para-hydroxylation sites is 2. The highest BCUT2D eigenvalue weighted by Gasteiger charge is 2.13. The van der Waals surface area contributed by atoms with E-state index in [1.807, 2.05) is 18.2 Å². The van der Waals surface area contributed by atoms with E-state index in [4.69, 9.17) is 0 Å². The van der Waals surface area contributed by atoms with Gasteiger partial charge in [0.25, 0.3) is 5.91 Å². The Morgan fingerprint density at radius 1 is 1.16 bits per heavy atom. The maximum atomic E-state index is 12.1. The first-order valence-corrected chi connectivity index (χ1v) is 6.00. The fourth-order valence-electron chi connectivity index (χ4n) is 1.81. The van der Waals surface area contributed by atoms with Crippen molar-refractivity contribution in [2.24, 2.45) is 0 Å². The molecule has 2 N–H and O–H groups in total. The van der Waals surface area contributed by atoms with Gasteiger partial charge in [0.05, 0.1) is 5.56 Å². The van der Waals surface area contributed by atoms with Crippen molar-refractivity contribution < 1.29 is 9.90 Å². The highest BCUT2D eigenvalue weighted by Crippen LogP contribution is 2.24. The smallest absolute Gasteiger partial charge is 0.259 e. The minimum atomic E-state index is -0.324. The van der Waals surface area contributed by atoms with E-state index < -0.39 is 0 Å². The Kier molecular flexibility index (Phi) is 3.98. The molecule has 0 heterocycles. The SMILES string of the molecule is C=CCc1cccc(C(=O)Nc2ccccc2)c1O. The summed E-state index contributed by atoms with van der Waals surface area (Å²) in [5, 5.41) is 12.8. The van der Waals surface area contributed by atoms with E-state index in [0.717, 1.165) is 0 Å². The summed E-state index contributed by atoms with van der Waals surface area (Å²) >= 11 is 0. The van der Waals surface area contributed by atoms with Crippen LogP contribution in [0, 0.1) is 0 Å². The number of hydrogen-bond acceptors (Lipinski definition) is 2. The molecule has 0 saturated carbocycles. The van der Waals surface area contributed by atoms with Gasteiger partial charge in [0.2, 0.25) is 0 Å². The summed E-state index contributed by atoms with van der Waals surface area (Å²) in [5.74, 6) is -0.314. The zero-order valence-corrected chi connectivity index (χ0v) is 10.5. The number of anilines is 1. The average molecular weight is 253 g/mol. The van der Waals surface area contributed by atoms with Crippen LogP contribution in [0.3, 0.4) is 0 Å². The zero-order valence-electron chi connectivity index (χ0n) is 10.5. The molecular formula is C16H15NO2. The summed E-state index contributed by atoms with van der Waals surface area (Å²) in [4.78, 5) is 12.1. The summed E-state index contributed by atoms with van der Waals surface area (Å²) in [6.45, 7) is 3.63. The van der Waals surface area contributed by atoms with Gasteiger partial charge in [-0.1, -0.05) is 36.4 Å². The number of rotatable bonds is 4. The highest BCUT2D eigenvalue weighted by molar-refractivity contribution is 6.06. The van der Waals surface area contributed by atoms with Gasteiger partial charge in [-0.05, 0) is 30.2 Å². The molecule has 0 aliphatic carbocycles. The molecule has 2 rings (SSSR count). The number of aromatic hydroxyl groups is 1. The molecule has 0 bridgehead atoms. The Morgan fingerprint density at radius 2 is 1.89 bits per heavy atom.